The van der Waals surface area contributed by atoms with E-state index in [1.165, 1.54) is 6.07 Å². The van der Waals surface area contributed by atoms with Crippen molar-refractivity contribution in [1.82, 2.24) is 0 Å². The summed E-state index contributed by atoms with van der Waals surface area (Å²) in [6.45, 7) is -0.357. The predicted octanol–water partition coefficient (Wildman–Crippen LogP) is 0.844. The monoisotopic (exact) mass is 231 g/mol. The molecule has 0 heterocycles. The summed E-state index contributed by atoms with van der Waals surface area (Å²) >= 11 is 0. The van der Waals surface area contributed by atoms with Crippen molar-refractivity contribution in [3.05, 3.63) is 29.8 Å². The first kappa shape index (κ1) is 12.4. The number of hydrogen-bond donors (Lipinski definition) is 1. The number of methoxy groups -OCH3 is 1. The molecule has 1 atom stereocenters. The summed E-state index contributed by atoms with van der Waals surface area (Å²) in [5.74, 6) is -2.97. The fraction of sp³-hybridized carbons (Fsp3) is 0.300. The number of halogens is 2. The van der Waals surface area contributed by atoms with Crippen LogP contribution in [0.2, 0.25) is 0 Å². The maximum atomic E-state index is 13.1. The zero-order chi connectivity index (χ0) is 12.1. The van der Waals surface area contributed by atoms with Gasteiger partial charge in [0.05, 0.1) is 7.11 Å². The van der Waals surface area contributed by atoms with E-state index >= 15 is 0 Å². The lowest BCUT2D eigenvalue weighted by Crippen LogP contribution is -2.37. The molecule has 1 aromatic rings. The molecule has 6 heteroatoms. The molecule has 0 radical (unpaired) electrons. The Hall–Kier alpha value is -1.69. The van der Waals surface area contributed by atoms with Gasteiger partial charge in [0.25, 0.3) is 0 Å². The van der Waals surface area contributed by atoms with Crippen molar-refractivity contribution in [3.63, 3.8) is 0 Å². The van der Waals surface area contributed by atoms with E-state index in [1.807, 2.05) is 0 Å². The number of carbonyl (C=O) groups excluding carboxylic acids is 1. The van der Waals surface area contributed by atoms with Crippen LogP contribution in [0.25, 0.3) is 0 Å². The first-order valence-corrected chi connectivity index (χ1v) is 4.46. The summed E-state index contributed by atoms with van der Waals surface area (Å²) in [4.78, 5) is 10.9. The van der Waals surface area contributed by atoms with E-state index in [9.17, 15) is 13.6 Å². The molecule has 88 valence electrons. The van der Waals surface area contributed by atoms with Crippen molar-refractivity contribution in [3.8, 4) is 5.75 Å². The summed E-state index contributed by atoms with van der Waals surface area (Å²) in [6, 6.07) is 2.21. The Labute approximate surface area is 91.0 Å². The second-order valence-electron chi connectivity index (χ2n) is 2.99. The highest BCUT2D eigenvalue weighted by molar-refractivity contribution is 5.75. The summed E-state index contributed by atoms with van der Waals surface area (Å²) in [5.41, 5.74) is 5.33. The predicted molar refractivity (Wildman–Crippen MR) is 51.8 cm³/mol. The number of carbonyl (C=O) groups is 1. The van der Waals surface area contributed by atoms with E-state index in [4.69, 9.17) is 10.5 Å². The minimum atomic E-state index is -1.08. The molecule has 0 aliphatic heterocycles. The largest absolute Gasteiger partial charge is 0.485 e. The molecule has 0 fully saturated rings. The Balaban J connectivity index is 2.64. The molecular formula is C10H11F2NO3. The fourth-order valence-corrected chi connectivity index (χ4v) is 1.01. The Kier molecular flexibility index (Phi) is 4.19. The lowest BCUT2D eigenvalue weighted by atomic mass is 10.3. The van der Waals surface area contributed by atoms with Gasteiger partial charge in [-0.1, -0.05) is 6.07 Å². The van der Waals surface area contributed by atoms with Gasteiger partial charge in [0, 0.05) is 0 Å². The quantitative estimate of drug-likeness (QED) is 0.780. The smallest absolute Gasteiger partial charge is 0.326 e. The molecule has 0 aliphatic carbocycles. The Morgan fingerprint density at radius 3 is 2.50 bits per heavy atom. The van der Waals surface area contributed by atoms with E-state index in [0.29, 0.717) is 0 Å². The van der Waals surface area contributed by atoms with Crippen LogP contribution in [-0.4, -0.2) is 25.7 Å². The van der Waals surface area contributed by atoms with Crippen LogP contribution in [0.15, 0.2) is 18.2 Å². The molecule has 2 N–H and O–H groups in total. The molecule has 0 aliphatic rings. The third-order valence-electron chi connectivity index (χ3n) is 1.83. The number of benzene rings is 1. The zero-order valence-corrected chi connectivity index (χ0v) is 8.57. The van der Waals surface area contributed by atoms with E-state index < -0.39 is 29.4 Å². The van der Waals surface area contributed by atoms with Crippen LogP contribution in [-0.2, 0) is 9.53 Å². The van der Waals surface area contributed by atoms with Gasteiger partial charge in [0.2, 0.25) is 0 Å². The highest BCUT2D eigenvalue weighted by atomic mass is 19.1. The van der Waals surface area contributed by atoms with Gasteiger partial charge in [-0.25, -0.2) is 8.78 Å². The van der Waals surface area contributed by atoms with Crippen molar-refractivity contribution in [2.24, 2.45) is 5.73 Å². The van der Waals surface area contributed by atoms with Crippen LogP contribution in [0.1, 0.15) is 0 Å². The van der Waals surface area contributed by atoms with Gasteiger partial charge >= 0.3 is 5.97 Å². The van der Waals surface area contributed by atoms with Crippen LogP contribution in [0.4, 0.5) is 8.78 Å². The van der Waals surface area contributed by atoms with Crippen molar-refractivity contribution < 1.29 is 23.0 Å². The van der Waals surface area contributed by atoms with E-state index in [0.717, 1.165) is 19.2 Å². The SMILES string of the molecule is COC(=O)C(N)COc1c(F)cccc1F. The molecule has 1 aromatic carbocycles. The third-order valence-corrected chi connectivity index (χ3v) is 1.83. The van der Waals surface area contributed by atoms with Crippen LogP contribution in [0.5, 0.6) is 5.75 Å². The highest BCUT2D eigenvalue weighted by Crippen LogP contribution is 2.20. The second-order valence-corrected chi connectivity index (χ2v) is 2.99. The maximum absolute atomic E-state index is 13.1. The van der Waals surface area contributed by atoms with Crippen LogP contribution < -0.4 is 10.5 Å². The first-order valence-electron chi connectivity index (χ1n) is 4.46. The minimum absolute atomic E-state index is 0.357. The highest BCUT2D eigenvalue weighted by Gasteiger charge is 2.17. The number of para-hydroxylation sites is 1. The number of hydrogen-bond acceptors (Lipinski definition) is 4. The molecule has 1 unspecified atom stereocenters. The summed E-state index contributed by atoms with van der Waals surface area (Å²) in [7, 11) is 1.16. The Morgan fingerprint density at radius 2 is 2.00 bits per heavy atom. The summed E-state index contributed by atoms with van der Waals surface area (Å²) < 4.78 is 35.2. The minimum Gasteiger partial charge on any atom is -0.485 e. The summed E-state index contributed by atoms with van der Waals surface area (Å²) in [6.07, 6.45) is 0. The second kappa shape index (κ2) is 5.41. The standard InChI is InChI=1S/C10H11F2NO3/c1-15-10(14)8(13)5-16-9-6(11)3-2-4-7(9)12/h2-4,8H,5,13H2,1H3. The normalized spacial score (nSPS) is 12.0. The lowest BCUT2D eigenvalue weighted by molar-refractivity contribution is -0.142. The van der Waals surface area contributed by atoms with Crippen LogP contribution >= 0.6 is 0 Å². The van der Waals surface area contributed by atoms with Crippen LogP contribution in [0.3, 0.4) is 0 Å². The molecule has 16 heavy (non-hydrogen) atoms. The number of rotatable bonds is 4. The average Bonchev–Trinajstić information content (AvgIpc) is 2.27. The fourth-order valence-electron chi connectivity index (χ4n) is 1.01. The van der Waals surface area contributed by atoms with Crippen LogP contribution in [0, 0.1) is 11.6 Å². The molecule has 0 saturated heterocycles. The summed E-state index contributed by atoms with van der Waals surface area (Å²) in [5, 5.41) is 0. The van der Waals surface area contributed by atoms with Crippen molar-refractivity contribution >= 4 is 5.97 Å². The van der Waals surface area contributed by atoms with Gasteiger partial charge in [-0.2, -0.15) is 0 Å². The Morgan fingerprint density at radius 1 is 1.44 bits per heavy atom. The van der Waals surface area contributed by atoms with E-state index in [2.05, 4.69) is 4.74 Å². The van der Waals surface area contributed by atoms with Gasteiger partial charge in [-0.05, 0) is 12.1 Å². The third kappa shape index (κ3) is 2.90. The van der Waals surface area contributed by atoms with Crippen molar-refractivity contribution in [1.29, 1.82) is 0 Å². The molecule has 0 amide bonds. The van der Waals surface area contributed by atoms with E-state index in [1.54, 1.807) is 0 Å². The molecule has 0 aromatic heterocycles. The number of nitrogens with two attached hydrogens (primary N) is 1. The zero-order valence-electron chi connectivity index (χ0n) is 8.57. The topological polar surface area (TPSA) is 61.5 Å². The van der Waals surface area contributed by atoms with Crippen molar-refractivity contribution in [2.45, 2.75) is 6.04 Å². The number of ether oxygens (including phenoxy) is 2. The molecule has 0 bridgehead atoms. The van der Waals surface area contributed by atoms with Gasteiger partial charge in [0.1, 0.15) is 12.6 Å². The Bertz CT molecular complexity index is 364. The molecular weight excluding hydrogens is 220 g/mol. The van der Waals surface area contributed by atoms with Gasteiger partial charge in [-0.15, -0.1) is 0 Å². The van der Waals surface area contributed by atoms with E-state index in [-0.39, 0.29) is 6.61 Å². The number of esters is 1. The molecule has 4 nitrogen and oxygen atoms in total. The molecule has 0 spiro atoms. The molecule has 0 saturated carbocycles. The van der Waals surface area contributed by atoms with Gasteiger partial charge < -0.3 is 15.2 Å². The molecule has 1 rings (SSSR count). The lowest BCUT2D eigenvalue weighted by Gasteiger charge is -2.11. The van der Waals surface area contributed by atoms with Gasteiger partial charge in [0.15, 0.2) is 17.4 Å². The van der Waals surface area contributed by atoms with Crippen molar-refractivity contribution in [2.75, 3.05) is 13.7 Å². The average molecular weight is 231 g/mol. The first-order chi connectivity index (χ1) is 7.56. The van der Waals surface area contributed by atoms with Gasteiger partial charge in [-0.3, -0.25) is 4.79 Å². The maximum Gasteiger partial charge on any atom is 0.326 e.